The summed E-state index contributed by atoms with van der Waals surface area (Å²) in [6.45, 7) is 4.03. The standard InChI is InChI=1S/C13H19FN2O/c1-4-13(2,9-15)12(17)16(3)11-7-5-6-10(14)8-11/h5-8H,4,9,15H2,1-3H3. The van der Waals surface area contributed by atoms with Crippen LogP contribution in [-0.2, 0) is 4.79 Å². The maximum absolute atomic E-state index is 13.1. The Hall–Kier alpha value is -1.42. The molecule has 0 saturated carbocycles. The first kappa shape index (κ1) is 13.6. The zero-order chi connectivity index (χ0) is 13.1. The second-order valence-corrected chi connectivity index (χ2v) is 4.46. The number of hydrogen-bond acceptors (Lipinski definition) is 2. The van der Waals surface area contributed by atoms with Gasteiger partial charge in [-0.2, -0.15) is 0 Å². The summed E-state index contributed by atoms with van der Waals surface area (Å²) in [5, 5.41) is 0. The Kier molecular flexibility index (Phi) is 4.23. The van der Waals surface area contributed by atoms with E-state index in [4.69, 9.17) is 5.73 Å². The van der Waals surface area contributed by atoms with Gasteiger partial charge in [0, 0.05) is 19.3 Å². The van der Waals surface area contributed by atoms with Gasteiger partial charge in [-0.05, 0) is 31.5 Å². The fourth-order valence-corrected chi connectivity index (χ4v) is 1.59. The minimum Gasteiger partial charge on any atom is -0.329 e. The second kappa shape index (κ2) is 5.27. The zero-order valence-electron chi connectivity index (χ0n) is 10.5. The summed E-state index contributed by atoms with van der Waals surface area (Å²) in [4.78, 5) is 13.7. The molecule has 1 aromatic rings. The van der Waals surface area contributed by atoms with E-state index in [1.807, 2.05) is 13.8 Å². The fourth-order valence-electron chi connectivity index (χ4n) is 1.59. The van der Waals surface area contributed by atoms with Crippen LogP contribution in [0.2, 0.25) is 0 Å². The van der Waals surface area contributed by atoms with E-state index in [0.29, 0.717) is 12.1 Å². The molecule has 1 rings (SSSR count). The van der Waals surface area contributed by atoms with Crippen molar-refractivity contribution in [1.29, 1.82) is 0 Å². The van der Waals surface area contributed by atoms with Crippen molar-refractivity contribution in [1.82, 2.24) is 0 Å². The van der Waals surface area contributed by atoms with Crippen molar-refractivity contribution in [3.63, 3.8) is 0 Å². The van der Waals surface area contributed by atoms with Gasteiger partial charge in [-0.3, -0.25) is 4.79 Å². The van der Waals surface area contributed by atoms with E-state index in [1.54, 1.807) is 19.2 Å². The summed E-state index contributed by atoms with van der Waals surface area (Å²) < 4.78 is 13.1. The van der Waals surface area contributed by atoms with Gasteiger partial charge in [-0.25, -0.2) is 4.39 Å². The molecule has 0 aliphatic rings. The van der Waals surface area contributed by atoms with Gasteiger partial charge in [0.1, 0.15) is 5.82 Å². The van der Waals surface area contributed by atoms with E-state index < -0.39 is 5.41 Å². The third kappa shape index (κ3) is 2.82. The highest BCUT2D eigenvalue weighted by Crippen LogP contribution is 2.25. The van der Waals surface area contributed by atoms with E-state index in [-0.39, 0.29) is 18.3 Å². The second-order valence-electron chi connectivity index (χ2n) is 4.46. The van der Waals surface area contributed by atoms with Crippen molar-refractivity contribution in [2.24, 2.45) is 11.1 Å². The lowest BCUT2D eigenvalue weighted by Crippen LogP contribution is -2.44. The van der Waals surface area contributed by atoms with Gasteiger partial charge in [0.25, 0.3) is 0 Å². The van der Waals surface area contributed by atoms with Crippen LogP contribution in [0.4, 0.5) is 10.1 Å². The van der Waals surface area contributed by atoms with Gasteiger partial charge in [-0.1, -0.05) is 13.0 Å². The van der Waals surface area contributed by atoms with Crippen molar-refractivity contribution >= 4 is 11.6 Å². The molecule has 1 amide bonds. The molecule has 0 radical (unpaired) electrons. The maximum Gasteiger partial charge on any atom is 0.233 e. The number of nitrogens with zero attached hydrogens (tertiary/aromatic N) is 1. The average Bonchev–Trinajstić information content (AvgIpc) is 2.36. The Bertz CT molecular complexity index is 402. The number of halogens is 1. The summed E-state index contributed by atoms with van der Waals surface area (Å²) in [5.74, 6) is -0.443. The molecule has 0 spiro atoms. The molecule has 2 N–H and O–H groups in total. The molecule has 0 aliphatic carbocycles. The number of nitrogens with two attached hydrogens (primary N) is 1. The van der Waals surface area contributed by atoms with Crippen LogP contribution in [0.1, 0.15) is 20.3 Å². The van der Waals surface area contributed by atoms with E-state index in [0.717, 1.165) is 0 Å². The van der Waals surface area contributed by atoms with E-state index in [9.17, 15) is 9.18 Å². The third-order valence-corrected chi connectivity index (χ3v) is 3.25. The van der Waals surface area contributed by atoms with Crippen LogP contribution < -0.4 is 10.6 Å². The van der Waals surface area contributed by atoms with Crippen LogP contribution in [0.3, 0.4) is 0 Å². The number of hydrogen-bond donors (Lipinski definition) is 1. The SMILES string of the molecule is CCC(C)(CN)C(=O)N(C)c1cccc(F)c1. The Labute approximate surface area is 101 Å². The molecular formula is C13H19FN2O. The summed E-state index contributed by atoms with van der Waals surface area (Å²) >= 11 is 0. The monoisotopic (exact) mass is 238 g/mol. The van der Waals surface area contributed by atoms with E-state index in [1.165, 1.54) is 17.0 Å². The van der Waals surface area contributed by atoms with Gasteiger partial charge >= 0.3 is 0 Å². The summed E-state index contributed by atoms with van der Waals surface area (Å²) in [6, 6.07) is 5.97. The number of carbonyl (C=O) groups is 1. The molecule has 1 atom stereocenters. The number of carbonyl (C=O) groups excluding carboxylic acids is 1. The Balaban J connectivity index is 2.97. The Morgan fingerprint density at radius 3 is 2.65 bits per heavy atom. The minimum absolute atomic E-state index is 0.0897. The molecule has 94 valence electrons. The molecule has 0 saturated heterocycles. The van der Waals surface area contributed by atoms with Crippen LogP contribution in [-0.4, -0.2) is 19.5 Å². The van der Waals surface area contributed by atoms with Crippen LogP contribution >= 0.6 is 0 Å². The van der Waals surface area contributed by atoms with Gasteiger partial charge in [0.05, 0.1) is 5.41 Å². The first-order valence-corrected chi connectivity index (χ1v) is 5.68. The van der Waals surface area contributed by atoms with Gasteiger partial charge in [0.2, 0.25) is 5.91 Å². The molecular weight excluding hydrogens is 219 g/mol. The highest BCUT2D eigenvalue weighted by Gasteiger charge is 2.32. The van der Waals surface area contributed by atoms with Crippen molar-refractivity contribution < 1.29 is 9.18 Å². The molecule has 0 heterocycles. The lowest BCUT2D eigenvalue weighted by atomic mass is 9.86. The van der Waals surface area contributed by atoms with Crippen LogP contribution in [0, 0.1) is 11.2 Å². The smallest absolute Gasteiger partial charge is 0.233 e. The number of anilines is 1. The highest BCUT2D eigenvalue weighted by molar-refractivity contribution is 5.97. The molecule has 4 heteroatoms. The normalized spacial score (nSPS) is 14.2. The number of amides is 1. The molecule has 1 aromatic carbocycles. The van der Waals surface area contributed by atoms with Crippen LogP contribution in [0.5, 0.6) is 0 Å². The fraction of sp³-hybridized carbons (Fsp3) is 0.462. The quantitative estimate of drug-likeness (QED) is 0.873. The molecule has 0 bridgehead atoms. The summed E-state index contributed by atoms with van der Waals surface area (Å²) in [6.07, 6.45) is 0.655. The van der Waals surface area contributed by atoms with E-state index in [2.05, 4.69) is 0 Å². The Morgan fingerprint density at radius 2 is 2.18 bits per heavy atom. The molecule has 0 aromatic heterocycles. The minimum atomic E-state index is -0.596. The predicted molar refractivity (Wildman–Crippen MR) is 67.3 cm³/mol. The Morgan fingerprint density at radius 1 is 1.53 bits per heavy atom. The molecule has 1 unspecified atom stereocenters. The maximum atomic E-state index is 13.1. The first-order chi connectivity index (χ1) is 7.94. The van der Waals surface area contributed by atoms with Crippen molar-refractivity contribution in [3.8, 4) is 0 Å². The van der Waals surface area contributed by atoms with Crippen molar-refractivity contribution in [2.75, 3.05) is 18.5 Å². The largest absolute Gasteiger partial charge is 0.329 e. The molecule has 0 aliphatic heterocycles. The molecule has 3 nitrogen and oxygen atoms in total. The lowest BCUT2D eigenvalue weighted by Gasteiger charge is -2.30. The molecule has 0 fully saturated rings. The van der Waals surface area contributed by atoms with Crippen molar-refractivity contribution in [3.05, 3.63) is 30.1 Å². The van der Waals surface area contributed by atoms with Gasteiger partial charge < -0.3 is 10.6 Å². The first-order valence-electron chi connectivity index (χ1n) is 5.68. The van der Waals surface area contributed by atoms with Crippen molar-refractivity contribution in [2.45, 2.75) is 20.3 Å². The topological polar surface area (TPSA) is 46.3 Å². The number of rotatable bonds is 4. The van der Waals surface area contributed by atoms with Crippen LogP contribution in [0.25, 0.3) is 0 Å². The molecule has 17 heavy (non-hydrogen) atoms. The highest BCUT2D eigenvalue weighted by atomic mass is 19.1. The van der Waals surface area contributed by atoms with E-state index >= 15 is 0 Å². The van der Waals surface area contributed by atoms with Gasteiger partial charge in [-0.15, -0.1) is 0 Å². The average molecular weight is 238 g/mol. The lowest BCUT2D eigenvalue weighted by molar-refractivity contribution is -0.126. The van der Waals surface area contributed by atoms with Crippen LogP contribution in [0.15, 0.2) is 24.3 Å². The summed E-state index contributed by atoms with van der Waals surface area (Å²) in [7, 11) is 1.64. The predicted octanol–water partition coefficient (Wildman–Crippen LogP) is 2.16. The third-order valence-electron chi connectivity index (χ3n) is 3.25. The zero-order valence-corrected chi connectivity index (χ0v) is 10.5. The summed E-state index contributed by atoms with van der Waals surface area (Å²) in [5.41, 5.74) is 5.59. The van der Waals surface area contributed by atoms with Gasteiger partial charge in [0.15, 0.2) is 0 Å². The number of benzene rings is 1.